The molecule has 156 valence electrons. The first kappa shape index (κ1) is 21.3. The molecule has 2 aliphatic rings. The number of aliphatic imine (C=N–C) groups is 1. The minimum Gasteiger partial charge on any atom is -0.354 e. The summed E-state index contributed by atoms with van der Waals surface area (Å²) in [4.78, 5) is 16.7. The first-order valence-electron chi connectivity index (χ1n) is 10.2. The van der Waals surface area contributed by atoms with Crippen molar-refractivity contribution < 1.29 is 13.2 Å². The molecule has 0 aromatic heterocycles. The monoisotopic (exact) mass is 415 g/mol. The van der Waals surface area contributed by atoms with Crippen LogP contribution in [0.3, 0.4) is 0 Å². The molecule has 1 amide bonds. The van der Waals surface area contributed by atoms with E-state index >= 15 is 0 Å². The van der Waals surface area contributed by atoms with Crippen LogP contribution in [0.15, 0.2) is 46.5 Å². The van der Waals surface area contributed by atoms with Gasteiger partial charge >= 0.3 is 0 Å². The van der Waals surface area contributed by atoms with Crippen LogP contribution in [-0.4, -0.2) is 33.3 Å². The third kappa shape index (κ3) is 5.35. The van der Waals surface area contributed by atoms with Gasteiger partial charge in [0.25, 0.3) is 10.0 Å². The summed E-state index contributed by atoms with van der Waals surface area (Å²) in [5.74, 6) is 0.0700. The van der Waals surface area contributed by atoms with Crippen LogP contribution in [-0.2, 0) is 14.8 Å². The molecule has 1 aromatic carbocycles. The van der Waals surface area contributed by atoms with Crippen molar-refractivity contribution in [1.29, 1.82) is 0 Å². The lowest BCUT2D eigenvalue weighted by atomic mass is 9.97. The van der Waals surface area contributed by atoms with Crippen molar-refractivity contribution in [2.45, 2.75) is 52.4 Å². The Bertz CT molecular complexity index is 958. The van der Waals surface area contributed by atoms with Gasteiger partial charge in [0.1, 0.15) is 17.3 Å². The average Bonchev–Trinajstić information content (AvgIpc) is 2.97. The fourth-order valence-corrected chi connectivity index (χ4v) is 5.26. The number of aryl methyl sites for hydroxylation is 1. The maximum atomic E-state index is 12.7. The standard InChI is InChI=1S/C22H29N3O3S/c1-3-19-21(18-11-9-16(2)10-12-18)29(27,28)25-22(19)24-15-20(26)23-14-13-17-7-5-4-6-8-17/h7,9-12H,3-6,8,13-15H2,1-2H3,(H,23,26)(H,24,25). The molecule has 0 saturated carbocycles. The molecular formula is C22H29N3O3S. The van der Waals surface area contributed by atoms with E-state index in [1.807, 2.05) is 26.0 Å². The third-order valence-corrected chi connectivity index (χ3v) is 6.74. The van der Waals surface area contributed by atoms with E-state index in [2.05, 4.69) is 21.1 Å². The number of hydrogen-bond donors (Lipinski definition) is 2. The maximum Gasteiger partial charge on any atom is 0.264 e. The number of carbonyl (C=O) groups excluding carboxylic acids is 1. The zero-order valence-corrected chi connectivity index (χ0v) is 17.9. The second-order valence-electron chi connectivity index (χ2n) is 7.51. The highest BCUT2D eigenvalue weighted by molar-refractivity contribution is 8.00. The number of nitrogens with one attached hydrogen (secondary N) is 2. The number of rotatable bonds is 7. The van der Waals surface area contributed by atoms with Gasteiger partial charge in [-0.25, -0.2) is 8.42 Å². The summed E-state index contributed by atoms with van der Waals surface area (Å²) >= 11 is 0. The Morgan fingerprint density at radius 2 is 1.97 bits per heavy atom. The molecule has 0 saturated heterocycles. The van der Waals surface area contributed by atoms with Gasteiger partial charge in [-0.3, -0.25) is 14.5 Å². The van der Waals surface area contributed by atoms with Crippen LogP contribution >= 0.6 is 0 Å². The molecule has 29 heavy (non-hydrogen) atoms. The number of nitrogens with zero attached hydrogens (tertiary/aromatic N) is 1. The Balaban J connectivity index is 1.67. The fourth-order valence-electron chi connectivity index (χ4n) is 3.70. The van der Waals surface area contributed by atoms with E-state index < -0.39 is 10.0 Å². The lowest BCUT2D eigenvalue weighted by molar-refractivity contribution is -0.119. The van der Waals surface area contributed by atoms with Crippen molar-refractivity contribution in [1.82, 2.24) is 10.0 Å². The van der Waals surface area contributed by atoms with Crippen molar-refractivity contribution in [2.75, 3.05) is 13.1 Å². The van der Waals surface area contributed by atoms with Crippen LogP contribution in [0.2, 0.25) is 0 Å². The zero-order chi connectivity index (χ0) is 20.9. The van der Waals surface area contributed by atoms with Gasteiger partial charge < -0.3 is 5.32 Å². The minimum atomic E-state index is -3.68. The van der Waals surface area contributed by atoms with Gasteiger partial charge in [0.05, 0.1) is 0 Å². The molecule has 2 N–H and O–H groups in total. The van der Waals surface area contributed by atoms with E-state index in [-0.39, 0.29) is 23.2 Å². The molecule has 1 aromatic rings. The van der Waals surface area contributed by atoms with E-state index in [1.54, 1.807) is 12.1 Å². The van der Waals surface area contributed by atoms with Gasteiger partial charge in [0, 0.05) is 12.1 Å². The molecule has 1 aliphatic carbocycles. The second kappa shape index (κ2) is 9.39. The van der Waals surface area contributed by atoms with Crippen LogP contribution in [0.5, 0.6) is 0 Å². The van der Waals surface area contributed by atoms with Crippen molar-refractivity contribution in [3.63, 3.8) is 0 Å². The van der Waals surface area contributed by atoms with Gasteiger partial charge in [-0.2, -0.15) is 0 Å². The van der Waals surface area contributed by atoms with E-state index in [9.17, 15) is 13.2 Å². The van der Waals surface area contributed by atoms with Crippen molar-refractivity contribution in [2.24, 2.45) is 4.99 Å². The largest absolute Gasteiger partial charge is 0.354 e. The highest BCUT2D eigenvalue weighted by Gasteiger charge is 2.34. The normalized spacial score (nSPS) is 19.8. The Kier molecular flexibility index (Phi) is 6.90. The summed E-state index contributed by atoms with van der Waals surface area (Å²) in [7, 11) is -3.68. The third-order valence-electron chi connectivity index (χ3n) is 5.26. The Morgan fingerprint density at radius 3 is 2.62 bits per heavy atom. The number of amides is 1. The lowest BCUT2D eigenvalue weighted by Gasteiger charge is -2.12. The van der Waals surface area contributed by atoms with Gasteiger partial charge in [-0.1, -0.05) is 48.4 Å². The summed E-state index contributed by atoms with van der Waals surface area (Å²) in [6, 6.07) is 7.37. The van der Waals surface area contributed by atoms with Gasteiger partial charge in [-0.05, 0) is 51.0 Å². The number of amidine groups is 1. The first-order chi connectivity index (χ1) is 13.9. The fraction of sp³-hybridized carbons (Fsp3) is 0.455. The minimum absolute atomic E-state index is 0.0957. The molecule has 1 aliphatic heterocycles. The van der Waals surface area contributed by atoms with E-state index in [4.69, 9.17) is 0 Å². The van der Waals surface area contributed by atoms with Crippen LogP contribution in [0.4, 0.5) is 0 Å². The summed E-state index contributed by atoms with van der Waals surface area (Å²) in [6.45, 7) is 4.34. The molecule has 0 radical (unpaired) electrons. The summed E-state index contributed by atoms with van der Waals surface area (Å²) < 4.78 is 27.8. The molecule has 6 nitrogen and oxygen atoms in total. The molecule has 0 spiro atoms. The van der Waals surface area contributed by atoms with Gasteiger partial charge in [0.2, 0.25) is 5.91 Å². The summed E-state index contributed by atoms with van der Waals surface area (Å²) in [6.07, 6.45) is 8.37. The van der Waals surface area contributed by atoms with E-state index in [1.165, 1.54) is 18.4 Å². The van der Waals surface area contributed by atoms with Crippen LogP contribution in [0.1, 0.15) is 56.6 Å². The molecule has 1 heterocycles. The van der Waals surface area contributed by atoms with E-state index in [0.717, 1.165) is 24.8 Å². The number of carbonyl (C=O) groups is 1. The highest BCUT2D eigenvalue weighted by atomic mass is 32.2. The Hall–Kier alpha value is -2.41. The molecule has 0 bridgehead atoms. The van der Waals surface area contributed by atoms with Crippen LogP contribution in [0, 0.1) is 6.92 Å². The number of benzene rings is 1. The van der Waals surface area contributed by atoms with E-state index in [0.29, 0.717) is 24.1 Å². The summed E-state index contributed by atoms with van der Waals surface area (Å²) in [5.41, 5.74) is 3.72. The molecular weight excluding hydrogens is 386 g/mol. The van der Waals surface area contributed by atoms with Crippen molar-refractivity contribution in [3.8, 4) is 0 Å². The lowest BCUT2D eigenvalue weighted by Crippen LogP contribution is -2.29. The molecule has 7 heteroatoms. The topological polar surface area (TPSA) is 87.6 Å². The quantitative estimate of drug-likeness (QED) is 0.669. The van der Waals surface area contributed by atoms with Gasteiger partial charge in [0.15, 0.2) is 0 Å². The number of hydrogen-bond acceptors (Lipinski definition) is 4. The smallest absolute Gasteiger partial charge is 0.264 e. The SMILES string of the molecule is CCC1=C(c2ccc(C)cc2)S(=O)(=O)NC1=NCC(=O)NCCC1=CCCCC1. The highest BCUT2D eigenvalue weighted by Crippen LogP contribution is 2.31. The molecule has 0 atom stereocenters. The number of sulfonamides is 1. The van der Waals surface area contributed by atoms with Crippen molar-refractivity contribution in [3.05, 3.63) is 52.6 Å². The van der Waals surface area contributed by atoms with Gasteiger partial charge in [-0.15, -0.1) is 0 Å². The second-order valence-corrected chi connectivity index (χ2v) is 9.12. The molecule has 0 unspecified atom stereocenters. The molecule has 3 rings (SSSR count). The zero-order valence-electron chi connectivity index (χ0n) is 17.1. The average molecular weight is 416 g/mol. The maximum absolute atomic E-state index is 12.7. The predicted octanol–water partition coefficient (Wildman–Crippen LogP) is 3.45. The Labute approximate surface area is 173 Å². The van der Waals surface area contributed by atoms with Crippen LogP contribution < -0.4 is 10.0 Å². The Morgan fingerprint density at radius 1 is 1.21 bits per heavy atom. The molecule has 0 fully saturated rings. The van der Waals surface area contributed by atoms with Crippen LogP contribution in [0.25, 0.3) is 4.91 Å². The predicted molar refractivity (Wildman–Crippen MR) is 117 cm³/mol. The summed E-state index contributed by atoms with van der Waals surface area (Å²) in [5, 5.41) is 2.88. The first-order valence-corrected chi connectivity index (χ1v) is 11.7. The number of allylic oxidation sites excluding steroid dienone is 1. The van der Waals surface area contributed by atoms with Crippen molar-refractivity contribution >= 4 is 26.7 Å².